The molecule has 0 heterocycles. The Hall–Kier alpha value is -2.41. The van der Waals surface area contributed by atoms with E-state index in [0.29, 0.717) is 12.4 Å². The van der Waals surface area contributed by atoms with E-state index < -0.39 is 12.7 Å². The number of hydrogen-bond acceptors (Lipinski definition) is 6. The van der Waals surface area contributed by atoms with Crippen molar-refractivity contribution in [3.63, 3.8) is 0 Å². The predicted molar refractivity (Wildman–Crippen MR) is 105 cm³/mol. The molecule has 0 amide bonds. The lowest BCUT2D eigenvalue weighted by Crippen LogP contribution is -2.34. The van der Waals surface area contributed by atoms with Gasteiger partial charge in [-0.1, -0.05) is 18.2 Å². The van der Waals surface area contributed by atoms with Gasteiger partial charge < -0.3 is 13.8 Å². The summed E-state index contributed by atoms with van der Waals surface area (Å²) in [6, 6.07) is 13.7. The van der Waals surface area contributed by atoms with Crippen molar-refractivity contribution in [1.29, 1.82) is 0 Å². The van der Waals surface area contributed by atoms with Crippen molar-refractivity contribution < 1.29 is 23.3 Å². The van der Waals surface area contributed by atoms with Gasteiger partial charge in [0.05, 0.1) is 17.6 Å². The Balaban J connectivity index is 1.70. The molecule has 2 aromatic carbocycles. The Bertz CT molecular complexity index is 826. The van der Waals surface area contributed by atoms with Crippen molar-refractivity contribution in [2.45, 2.75) is 38.3 Å². The number of nitro groups is 1. The van der Waals surface area contributed by atoms with Crippen LogP contribution in [0.2, 0.25) is 0 Å². The van der Waals surface area contributed by atoms with Gasteiger partial charge in [-0.3, -0.25) is 10.1 Å². The molecule has 0 bridgehead atoms. The molecule has 0 saturated heterocycles. The van der Waals surface area contributed by atoms with Gasteiger partial charge in [-0.2, -0.15) is 5.09 Å². The minimum absolute atomic E-state index is 0.0821. The summed E-state index contributed by atoms with van der Waals surface area (Å²) in [6.45, 7) is 2.20. The third-order valence-corrected chi connectivity index (χ3v) is 5.91. The maximum atomic E-state index is 13.4. The number of benzene rings is 2. The summed E-state index contributed by atoms with van der Waals surface area (Å²) in [4.78, 5) is 10.3. The van der Waals surface area contributed by atoms with Crippen LogP contribution < -0.4 is 14.1 Å². The van der Waals surface area contributed by atoms with E-state index in [1.54, 1.807) is 24.3 Å². The van der Waals surface area contributed by atoms with Crippen LogP contribution in [0, 0.1) is 10.1 Å². The molecule has 0 radical (unpaired) electrons. The molecule has 1 aliphatic carbocycles. The van der Waals surface area contributed by atoms with Gasteiger partial charge in [-0.05, 0) is 50.5 Å². The minimum atomic E-state index is -3.81. The van der Waals surface area contributed by atoms with Crippen LogP contribution in [-0.4, -0.2) is 23.7 Å². The third-order valence-electron chi connectivity index (χ3n) is 4.25. The Labute approximate surface area is 163 Å². The number of hydrogen-bond donors (Lipinski definition) is 1. The van der Waals surface area contributed by atoms with Gasteiger partial charge in [0.2, 0.25) is 0 Å². The van der Waals surface area contributed by atoms with Gasteiger partial charge in [-0.25, -0.2) is 4.57 Å². The number of rotatable bonds is 10. The van der Waals surface area contributed by atoms with Crippen LogP contribution in [0.15, 0.2) is 54.6 Å². The van der Waals surface area contributed by atoms with Gasteiger partial charge in [0, 0.05) is 18.2 Å². The largest absolute Gasteiger partial charge is 0.513 e. The molecule has 8 nitrogen and oxygen atoms in total. The lowest BCUT2D eigenvalue weighted by Gasteiger charge is -2.28. The van der Waals surface area contributed by atoms with Crippen molar-refractivity contribution in [3.05, 3.63) is 64.7 Å². The molecule has 3 rings (SSSR count). The van der Waals surface area contributed by atoms with E-state index in [1.165, 1.54) is 30.7 Å². The second-order valence-electron chi connectivity index (χ2n) is 6.66. The summed E-state index contributed by atoms with van der Waals surface area (Å²) in [7, 11) is -3.81. The van der Waals surface area contributed by atoms with Crippen molar-refractivity contribution >= 4 is 13.4 Å². The van der Waals surface area contributed by atoms with Gasteiger partial charge >= 0.3 is 7.75 Å². The van der Waals surface area contributed by atoms with Gasteiger partial charge in [0.25, 0.3) is 5.69 Å². The smallest absolute Gasteiger partial charge is 0.405 e. The number of ether oxygens (including phenoxy) is 1. The average molecular weight is 406 g/mol. The van der Waals surface area contributed by atoms with E-state index in [-0.39, 0.29) is 23.6 Å². The number of nitrogens with zero attached hydrogens (tertiary/aromatic N) is 1. The second kappa shape index (κ2) is 9.19. The Morgan fingerprint density at radius 2 is 1.71 bits per heavy atom. The molecule has 0 spiro atoms. The molecule has 0 aliphatic heterocycles. The topological polar surface area (TPSA) is 99.9 Å². The average Bonchev–Trinajstić information content (AvgIpc) is 2.61. The maximum Gasteiger partial charge on any atom is 0.513 e. The molecule has 1 saturated carbocycles. The van der Waals surface area contributed by atoms with E-state index in [1.807, 2.05) is 13.0 Å². The Morgan fingerprint density at radius 1 is 1.11 bits per heavy atom. The summed E-state index contributed by atoms with van der Waals surface area (Å²) >= 11 is 0. The number of para-hydroxylation sites is 1. The Kier molecular flexibility index (Phi) is 6.67. The van der Waals surface area contributed by atoms with Crippen LogP contribution in [0.3, 0.4) is 0 Å². The molecule has 0 aromatic heterocycles. The van der Waals surface area contributed by atoms with Crippen molar-refractivity contribution in [3.8, 4) is 11.5 Å². The normalized spacial score (nSPS) is 17.2. The predicted octanol–water partition coefficient (Wildman–Crippen LogP) is 4.71. The lowest BCUT2D eigenvalue weighted by molar-refractivity contribution is -0.384. The molecule has 1 aliphatic rings. The van der Waals surface area contributed by atoms with Crippen LogP contribution in [0.1, 0.15) is 26.2 Å². The fourth-order valence-electron chi connectivity index (χ4n) is 2.58. The third kappa shape index (κ3) is 5.79. The molecule has 9 heteroatoms. The van der Waals surface area contributed by atoms with Gasteiger partial charge in [0.15, 0.2) is 0 Å². The summed E-state index contributed by atoms with van der Waals surface area (Å²) in [5.74, 6) is 0.580. The van der Waals surface area contributed by atoms with E-state index in [9.17, 15) is 14.7 Å². The van der Waals surface area contributed by atoms with Crippen molar-refractivity contribution in [2.24, 2.45) is 0 Å². The SMILES string of the molecule is C[C@@H](COC1CCC1)NP(=O)(Oc1ccccc1)Oc1ccc([N+](=O)[O-])cc1. The van der Waals surface area contributed by atoms with E-state index in [4.69, 9.17) is 13.8 Å². The van der Waals surface area contributed by atoms with Gasteiger partial charge in [0.1, 0.15) is 11.5 Å². The lowest BCUT2D eigenvalue weighted by atomic mass is 9.96. The highest BCUT2D eigenvalue weighted by atomic mass is 31.2. The van der Waals surface area contributed by atoms with Crippen LogP contribution >= 0.6 is 7.75 Å². The van der Waals surface area contributed by atoms with E-state index in [0.717, 1.165) is 12.8 Å². The number of nitro benzene ring substituents is 1. The molecule has 1 N–H and O–H groups in total. The zero-order chi connectivity index (χ0) is 20.0. The van der Waals surface area contributed by atoms with Crippen LogP contribution in [0.25, 0.3) is 0 Å². The zero-order valence-corrected chi connectivity index (χ0v) is 16.4. The molecule has 28 heavy (non-hydrogen) atoms. The van der Waals surface area contributed by atoms with Crippen LogP contribution in [0.4, 0.5) is 5.69 Å². The summed E-state index contributed by atoms with van der Waals surface area (Å²) in [5, 5.41) is 13.7. The number of non-ortho nitro benzene ring substituents is 1. The molecule has 1 fully saturated rings. The fraction of sp³-hybridized carbons (Fsp3) is 0.368. The monoisotopic (exact) mass is 406 g/mol. The molecule has 1 unspecified atom stereocenters. The summed E-state index contributed by atoms with van der Waals surface area (Å²) in [5.41, 5.74) is -0.0821. The quantitative estimate of drug-likeness (QED) is 0.346. The highest BCUT2D eigenvalue weighted by molar-refractivity contribution is 7.52. The molecular formula is C19H23N2O6P. The molecule has 2 aromatic rings. The molecule has 150 valence electrons. The second-order valence-corrected chi connectivity index (χ2v) is 8.28. The Morgan fingerprint density at radius 3 is 2.25 bits per heavy atom. The molecule has 2 atom stereocenters. The highest BCUT2D eigenvalue weighted by Gasteiger charge is 2.31. The minimum Gasteiger partial charge on any atom is -0.405 e. The van der Waals surface area contributed by atoms with Gasteiger partial charge in [-0.15, -0.1) is 0 Å². The first-order valence-electron chi connectivity index (χ1n) is 9.12. The fourth-order valence-corrected chi connectivity index (χ4v) is 4.14. The summed E-state index contributed by atoms with van der Waals surface area (Å²) < 4.78 is 30.4. The number of nitrogens with one attached hydrogen (secondary N) is 1. The zero-order valence-electron chi connectivity index (χ0n) is 15.5. The highest BCUT2D eigenvalue weighted by Crippen LogP contribution is 2.45. The first-order chi connectivity index (χ1) is 13.4. The first-order valence-corrected chi connectivity index (χ1v) is 10.7. The van der Waals surface area contributed by atoms with E-state index in [2.05, 4.69) is 5.09 Å². The first kappa shape index (κ1) is 20.3. The van der Waals surface area contributed by atoms with E-state index >= 15 is 0 Å². The van der Waals surface area contributed by atoms with Crippen LogP contribution in [-0.2, 0) is 9.30 Å². The molecular weight excluding hydrogens is 383 g/mol. The van der Waals surface area contributed by atoms with Crippen molar-refractivity contribution in [1.82, 2.24) is 5.09 Å². The van der Waals surface area contributed by atoms with Crippen molar-refractivity contribution in [2.75, 3.05) is 6.61 Å². The standard InChI is InChI=1S/C19H23N2O6P/c1-15(14-25-17-8-5-9-17)20-28(24,26-18-6-3-2-4-7-18)27-19-12-10-16(11-13-19)21(22)23/h2-4,6-7,10-13,15,17H,5,8-9,14H2,1H3,(H,20,24)/t15-,28?/m0/s1. The van der Waals surface area contributed by atoms with Crippen LogP contribution in [0.5, 0.6) is 11.5 Å². The maximum absolute atomic E-state index is 13.4. The summed E-state index contributed by atoms with van der Waals surface area (Å²) in [6.07, 6.45) is 3.52.